The van der Waals surface area contributed by atoms with Crippen LogP contribution in [-0.4, -0.2) is 19.6 Å². The summed E-state index contributed by atoms with van der Waals surface area (Å²) in [6.45, 7) is 6.29. The monoisotopic (exact) mass is 232 g/mol. The Morgan fingerprint density at radius 3 is 2.88 bits per heavy atom. The Kier molecular flexibility index (Phi) is 1.97. The van der Waals surface area contributed by atoms with Crippen molar-refractivity contribution in [1.82, 2.24) is 19.6 Å². The highest BCUT2D eigenvalue weighted by Gasteiger charge is 2.13. The summed E-state index contributed by atoms with van der Waals surface area (Å²) >= 11 is 1.68. The molecule has 5 heteroatoms. The number of thiophene rings is 1. The third kappa shape index (κ3) is 1.18. The molecule has 3 aromatic heterocycles. The molecule has 0 spiro atoms. The number of hydrogen-bond acceptors (Lipinski definition) is 4. The molecule has 3 heterocycles. The molecule has 16 heavy (non-hydrogen) atoms. The highest BCUT2D eigenvalue weighted by atomic mass is 32.1. The van der Waals surface area contributed by atoms with Gasteiger partial charge in [-0.2, -0.15) is 0 Å². The van der Waals surface area contributed by atoms with Crippen LogP contribution in [0, 0.1) is 6.92 Å². The lowest BCUT2D eigenvalue weighted by Gasteiger charge is -2.01. The largest absolute Gasteiger partial charge is 0.268 e. The number of nitrogens with zero attached hydrogens (tertiary/aromatic N) is 4. The van der Waals surface area contributed by atoms with Gasteiger partial charge in [-0.1, -0.05) is 13.8 Å². The van der Waals surface area contributed by atoms with E-state index in [0.29, 0.717) is 5.92 Å². The van der Waals surface area contributed by atoms with Gasteiger partial charge in [0, 0.05) is 5.92 Å². The molecule has 0 bridgehead atoms. The molecule has 4 nitrogen and oxygen atoms in total. The topological polar surface area (TPSA) is 43.1 Å². The number of fused-ring (bicyclic) bond motifs is 3. The van der Waals surface area contributed by atoms with Crippen molar-refractivity contribution in [3.63, 3.8) is 0 Å². The van der Waals surface area contributed by atoms with Crippen LogP contribution >= 0.6 is 11.3 Å². The molecule has 0 saturated carbocycles. The Bertz CT molecular complexity index is 665. The molecule has 82 valence electrons. The van der Waals surface area contributed by atoms with Gasteiger partial charge in [-0.25, -0.2) is 4.98 Å². The minimum Gasteiger partial charge on any atom is -0.268 e. The van der Waals surface area contributed by atoms with Crippen LogP contribution in [0.2, 0.25) is 0 Å². The second-order valence-corrected chi connectivity index (χ2v) is 5.13. The molecule has 0 fully saturated rings. The summed E-state index contributed by atoms with van der Waals surface area (Å²) in [7, 11) is 0. The first kappa shape index (κ1) is 9.72. The lowest BCUT2D eigenvalue weighted by molar-refractivity contribution is 0.755. The van der Waals surface area contributed by atoms with Gasteiger partial charge in [0.25, 0.3) is 0 Å². The van der Waals surface area contributed by atoms with E-state index >= 15 is 0 Å². The standard InChI is InChI=1S/C11H12N4S/c1-6(2)10-13-14-11-9-8(7(3)4-16-9)12-5-15(10)11/h4-6H,1-3H3. The summed E-state index contributed by atoms with van der Waals surface area (Å²) in [6, 6.07) is 0. The zero-order valence-electron chi connectivity index (χ0n) is 9.43. The van der Waals surface area contributed by atoms with Crippen LogP contribution in [0.3, 0.4) is 0 Å². The molecule has 0 amide bonds. The quantitative estimate of drug-likeness (QED) is 0.648. The molecular formula is C11H12N4S. The van der Waals surface area contributed by atoms with E-state index in [0.717, 1.165) is 21.7 Å². The highest BCUT2D eigenvalue weighted by molar-refractivity contribution is 7.18. The first-order valence-electron chi connectivity index (χ1n) is 5.26. The van der Waals surface area contributed by atoms with Crippen molar-refractivity contribution in [2.45, 2.75) is 26.7 Å². The summed E-state index contributed by atoms with van der Waals surface area (Å²) in [6.07, 6.45) is 1.83. The number of aryl methyl sites for hydroxylation is 1. The van der Waals surface area contributed by atoms with E-state index in [4.69, 9.17) is 0 Å². The van der Waals surface area contributed by atoms with E-state index in [1.807, 2.05) is 10.7 Å². The van der Waals surface area contributed by atoms with Gasteiger partial charge in [-0.3, -0.25) is 4.40 Å². The molecule has 0 radical (unpaired) electrons. The second kappa shape index (κ2) is 3.25. The van der Waals surface area contributed by atoms with Crippen LogP contribution in [0.25, 0.3) is 15.9 Å². The molecular weight excluding hydrogens is 220 g/mol. The van der Waals surface area contributed by atoms with Crippen LogP contribution in [0.4, 0.5) is 0 Å². The van der Waals surface area contributed by atoms with Gasteiger partial charge in [-0.05, 0) is 17.9 Å². The fourth-order valence-electron chi connectivity index (χ4n) is 1.84. The van der Waals surface area contributed by atoms with Crippen molar-refractivity contribution in [3.05, 3.63) is 23.1 Å². The Morgan fingerprint density at radius 2 is 2.12 bits per heavy atom. The maximum Gasteiger partial charge on any atom is 0.181 e. The summed E-state index contributed by atoms with van der Waals surface area (Å²) < 4.78 is 3.11. The maximum atomic E-state index is 4.48. The summed E-state index contributed by atoms with van der Waals surface area (Å²) in [5.74, 6) is 1.32. The van der Waals surface area contributed by atoms with E-state index in [9.17, 15) is 0 Å². The van der Waals surface area contributed by atoms with E-state index in [2.05, 4.69) is 41.3 Å². The fourth-order valence-corrected chi connectivity index (χ4v) is 2.81. The zero-order valence-corrected chi connectivity index (χ0v) is 10.2. The third-order valence-electron chi connectivity index (χ3n) is 2.69. The molecule has 0 aliphatic rings. The molecule has 0 atom stereocenters. The predicted octanol–water partition coefficient (Wildman–Crippen LogP) is 2.77. The van der Waals surface area contributed by atoms with Crippen LogP contribution in [0.5, 0.6) is 0 Å². The van der Waals surface area contributed by atoms with E-state index in [1.165, 1.54) is 5.56 Å². The smallest absolute Gasteiger partial charge is 0.181 e. The minimum absolute atomic E-state index is 0.357. The predicted molar refractivity (Wildman–Crippen MR) is 65.0 cm³/mol. The van der Waals surface area contributed by atoms with Gasteiger partial charge in [0.05, 0.1) is 10.2 Å². The number of hydrogen-bond donors (Lipinski definition) is 0. The highest BCUT2D eigenvalue weighted by Crippen LogP contribution is 2.27. The van der Waals surface area contributed by atoms with Crippen molar-refractivity contribution >= 4 is 27.2 Å². The number of rotatable bonds is 1. The summed E-state index contributed by atoms with van der Waals surface area (Å²) in [4.78, 5) is 4.48. The van der Waals surface area contributed by atoms with Crippen LogP contribution in [-0.2, 0) is 0 Å². The maximum absolute atomic E-state index is 4.48. The molecule has 0 unspecified atom stereocenters. The van der Waals surface area contributed by atoms with Gasteiger partial charge in [0.2, 0.25) is 0 Å². The summed E-state index contributed by atoms with van der Waals surface area (Å²) in [5.41, 5.74) is 3.17. The second-order valence-electron chi connectivity index (χ2n) is 4.25. The first-order valence-corrected chi connectivity index (χ1v) is 6.14. The lowest BCUT2D eigenvalue weighted by atomic mass is 10.2. The molecule has 0 aliphatic heterocycles. The fraction of sp³-hybridized carbons (Fsp3) is 0.364. The van der Waals surface area contributed by atoms with E-state index < -0.39 is 0 Å². The molecule has 0 saturated heterocycles. The van der Waals surface area contributed by atoms with E-state index in [1.54, 1.807) is 11.3 Å². The molecule has 0 aromatic carbocycles. The van der Waals surface area contributed by atoms with Gasteiger partial charge >= 0.3 is 0 Å². The van der Waals surface area contributed by atoms with Crippen molar-refractivity contribution in [2.75, 3.05) is 0 Å². The zero-order chi connectivity index (χ0) is 11.3. The molecule has 3 rings (SSSR count). The Labute approximate surface area is 97.0 Å². The van der Waals surface area contributed by atoms with Gasteiger partial charge < -0.3 is 0 Å². The van der Waals surface area contributed by atoms with Crippen LogP contribution in [0.15, 0.2) is 11.7 Å². The van der Waals surface area contributed by atoms with Gasteiger partial charge in [0.1, 0.15) is 12.2 Å². The minimum atomic E-state index is 0.357. The Balaban J connectivity index is 2.45. The normalized spacial score (nSPS) is 12.0. The van der Waals surface area contributed by atoms with Crippen LogP contribution in [0.1, 0.15) is 31.2 Å². The lowest BCUT2D eigenvalue weighted by Crippen LogP contribution is -1.97. The first-order chi connectivity index (χ1) is 7.68. The SMILES string of the molecule is Cc1csc2c1ncn1c(C(C)C)nnc21. The van der Waals surface area contributed by atoms with Crippen LogP contribution < -0.4 is 0 Å². The van der Waals surface area contributed by atoms with Crippen molar-refractivity contribution in [3.8, 4) is 0 Å². The average Bonchev–Trinajstić information content (AvgIpc) is 2.81. The number of aromatic nitrogens is 4. The average molecular weight is 232 g/mol. The molecule has 0 N–H and O–H groups in total. The third-order valence-corrected chi connectivity index (χ3v) is 3.77. The summed E-state index contributed by atoms with van der Waals surface area (Å²) in [5, 5.41) is 10.6. The molecule has 0 aliphatic carbocycles. The van der Waals surface area contributed by atoms with Crippen molar-refractivity contribution in [2.24, 2.45) is 0 Å². The molecule has 3 aromatic rings. The Hall–Kier alpha value is -1.49. The van der Waals surface area contributed by atoms with E-state index in [-0.39, 0.29) is 0 Å². The Morgan fingerprint density at radius 1 is 1.31 bits per heavy atom. The van der Waals surface area contributed by atoms with Gasteiger partial charge in [0.15, 0.2) is 5.65 Å². The van der Waals surface area contributed by atoms with Crippen molar-refractivity contribution in [1.29, 1.82) is 0 Å². The van der Waals surface area contributed by atoms with Gasteiger partial charge in [-0.15, -0.1) is 21.5 Å². The van der Waals surface area contributed by atoms with Crippen molar-refractivity contribution < 1.29 is 0 Å².